The molecule has 1 atom stereocenters. The maximum Gasteiger partial charge on any atom is 0.0920 e. The van der Waals surface area contributed by atoms with Crippen LogP contribution in [-0.4, -0.2) is 37.0 Å². The van der Waals surface area contributed by atoms with Gasteiger partial charge >= 0.3 is 0 Å². The summed E-state index contributed by atoms with van der Waals surface area (Å²) in [5.41, 5.74) is 2.21. The maximum absolute atomic E-state index is 6.21. The molecular formula is C16H26N2O2. The van der Waals surface area contributed by atoms with Crippen molar-refractivity contribution in [2.24, 2.45) is 0 Å². The van der Waals surface area contributed by atoms with Crippen molar-refractivity contribution in [2.45, 2.75) is 45.3 Å². The van der Waals surface area contributed by atoms with E-state index in [1.807, 2.05) is 12.4 Å². The summed E-state index contributed by atoms with van der Waals surface area (Å²) in [5.74, 6) is 0. The summed E-state index contributed by atoms with van der Waals surface area (Å²) >= 11 is 0. The summed E-state index contributed by atoms with van der Waals surface area (Å²) in [5, 5.41) is 3.60. The second-order valence-electron chi connectivity index (χ2n) is 5.40. The normalized spacial score (nSPS) is 19.8. The molecule has 4 nitrogen and oxygen atoms in total. The van der Waals surface area contributed by atoms with Crippen LogP contribution in [0.3, 0.4) is 0 Å². The predicted octanol–water partition coefficient (Wildman–Crippen LogP) is 2.63. The zero-order chi connectivity index (χ0) is 14.4. The molecule has 4 heteroatoms. The lowest BCUT2D eigenvalue weighted by Gasteiger charge is -2.43. The second kappa shape index (κ2) is 7.16. The lowest BCUT2D eigenvalue weighted by molar-refractivity contribution is -0.127. The zero-order valence-electron chi connectivity index (χ0n) is 12.8. The molecule has 0 saturated carbocycles. The quantitative estimate of drug-likeness (QED) is 0.868. The molecule has 1 saturated heterocycles. The van der Waals surface area contributed by atoms with Crippen LogP contribution in [0, 0.1) is 6.92 Å². The summed E-state index contributed by atoms with van der Waals surface area (Å²) in [6.07, 6.45) is 5.69. The van der Waals surface area contributed by atoms with Crippen molar-refractivity contribution >= 4 is 0 Å². The van der Waals surface area contributed by atoms with Crippen LogP contribution in [0.2, 0.25) is 0 Å². The van der Waals surface area contributed by atoms with Crippen molar-refractivity contribution in [3.63, 3.8) is 0 Å². The molecular weight excluding hydrogens is 252 g/mol. The van der Waals surface area contributed by atoms with E-state index in [4.69, 9.17) is 9.47 Å². The van der Waals surface area contributed by atoms with Gasteiger partial charge in [-0.2, -0.15) is 0 Å². The summed E-state index contributed by atoms with van der Waals surface area (Å²) in [7, 11) is 0. The Morgan fingerprint density at radius 1 is 1.35 bits per heavy atom. The van der Waals surface area contributed by atoms with Crippen molar-refractivity contribution < 1.29 is 9.47 Å². The summed E-state index contributed by atoms with van der Waals surface area (Å²) < 4.78 is 11.7. The van der Waals surface area contributed by atoms with Gasteiger partial charge in [-0.1, -0.05) is 13.0 Å². The molecule has 0 spiro atoms. The summed E-state index contributed by atoms with van der Waals surface area (Å²) in [4.78, 5) is 4.35. The standard InChI is InChI=1S/C16H26N2O2/c1-4-18-15(14-10-13(3)11-17-12-14)16(20-5-2)6-8-19-9-7-16/h10-12,15,18H,4-9H2,1-3H3. The number of likely N-dealkylation sites (N-methyl/N-ethyl adjacent to an activating group) is 1. The third kappa shape index (κ3) is 3.37. The first-order valence-corrected chi connectivity index (χ1v) is 7.58. The average Bonchev–Trinajstić information content (AvgIpc) is 2.46. The topological polar surface area (TPSA) is 43.4 Å². The summed E-state index contributed by atoms with van der Waals surface area (Å²) in [6.45, 7) is 9.44. The Bertz CT molecular complexity index is 411. The number of aromatic nitrogens is 1. The third-order valence-electron chi connectivity index (χ3n) is 3.93. The number of nitrogens with zero attached hydrogens (tertiary/aromatic N) is 1. The van der Waals surface area contributed by atoms with Gasteiger partial charge in [0, 0.05) is 45.1 Å². The van der Waals surface area contributed by atoms with Crippen molar-refractivity contribution in [3.05, 3.63) is 29.6 Å². The number of nitrogens with one attached hydrogen (secondary N) is 1. The average molecular weight is 278 g/mol. The van der Waals surface area contributed by atoms with Crippen molar-refractivity contribution in [1.29, 1.82) is 0 Å². The Kier molecular flexibility index (Phi) is 5.52. The van der Waals surface area contributed by atoms with E-state index in [2.05, 4.69) is 37.1 Å². The van der Waals surface area contributed by atoms with Gasteiger partial charge in [-0.3, -0.25) is 4.98 Å². The number of hydrogen-bond acceptors (Lipinski definition) is 4. The van der Waals surface area contributed by atoms with Gasteiger partial charge in [0.05, 0.1) is 11.6 Å². The minimum atomic E-state index is -0.182. The highest BCUT2D eigenvalue weighted by atomic mass is 16.5. The van der Waals surface area contributed by atoms with Crippen LogP contribution in [-0.2, 0) is 9.47 Å². The van der Waals surface area contributed by atoms with Gasteiger partial charge in [-0.25, -0.2) is 0 Å². The van der Waals surface area contributed by atoms with Gasteiger partial charge in [-0.15, -0.1) is 0 Å². The SMILES string of the molecule is CCNC(c1cncc(C)c1)C1(OCC)CCOCC1. The van der Waals surface area contributed by atoms with E-state index in [-0.39, 0.29) is 11.6 Å². The Hall–Kier alpha value is -0.970. The molecule has 0 radical (unpaired) electrons. The molecule has 0 bridgehead atoms. The van der Waals surface area contributed by atoms with E-state index < -0.39 is 0 Å². The Morgan fingerprint density at radius 2 is 2.10 bits per heavy atom. The lowest BCUT2D eigenvalue weighted by atomic mass is 9.82. The van der Waals surface area contributed by atoms with Crippen LogP contribution >= 0.6 is 0 Å². The first kappa shape index (κ1) is 15.4. The molecule has 1 aromatic rings. The highest BCUT2D eigenvalue weighted by Gasteiger charge is 2.41. The molecule has 0 aliphatic carbocycles. The van der Waals surface area contributed by atoms with E-state index >= 15 is 0 Å². The number of aryl methyl sites for hydroxylation is 1. The Labute approximate surface area is 121 Å². The Balaban J connectivity index is 2.33. The first-order valence-electron chi connectivity index (χ1n) is 7.58. The van der Waals surface area contributed by atoms with Gasteiger partial charge in [0.2, 0.25) is 0 Å². The number of hydrogen-bond donors (Lipinski definition) is 1. The van der Waals surface area contributed by atoms with Crippen LogP contribution in [0.15, 0.2) is 18.5 Å². The van der Waals surface area contributed by atoms with Crippen LogP contribution in [0.5, 0.6) is 0 Å². The van der Waals surface area contributed by atoms with Crippen LogP contribution in [0.25, 0.3) is 0 Å². The van der Waals surface area contributed by atoms with E-state index in [1.54, 1.807) is 0 Å². The van der Waals surface area contributed by atoms with Crippen molar-refractivity contribution in [2.75, 3.05) is 26.4 Å². The molecule has 1 aliphatic heterocycles. The predicted molar refractivity (Wildman–Crippen MR) is 79.8 cm³/mol. The fraction of sp³-hybridized carbons (Fsp3) is 0.688. The van der Waals surface area contributed by atoms with Gasteiger partial charge in [0.15, 0.2) is 0 Å². The molecule has 0 amide bonds. The molecule has 1 fully saturated rings. The number of rotatable bonds is 6. The van der Waals surface area contributed by atoms with Crippen LogP contribution < -0.4 is 5.32 Å². The monoisotopic (exact) mass is 278 g/mol. The minimum absolute atomic E-state index is 0.170. The van der Waals surface area contributed by atoms with E-state index in [0.29, 0.717) is 0 Å². The van der Waals surface area contributed by atoms with Gasteiger partial charge in [0.1, 0.15) is 0 Å². The largest absolute Gasteiger partial charge is 0.381 e. The molecule has 0 aromatic carbocycles. The van der Waals surface area contributed by atoms with Crippen molar-refractivity contribution in [3.8, 4) is 0 Å². The Morgan fingerprint density at radius 3 is 2.70 bits per heavy atom. The van der Waals surface area contributed by atoms with E-state index in [0.717, 1.165) is 39.2 Å². The van der Waals surface area contributed by atoms with Crippen LogP contribution in [0.4, 0.5) is 0 Å². The lowest BCUT2D eigenvalue weighted by Crippen LogP contribution is -2.50. The summed E-state index contributed by atoms with van der Waals surface area (Å²) in [6, 6.07) is 2.38. The highest BCUT2D eigenvalue weighted by Crippen LogP contribution is 2.37. The number of pyridine rings is 1. The smallest absolute Gasteiger partial charge is 0.0920 e. The zero-order valence-corrected chi connectivity index (χ0v) is 12.8. The molecule has 2 rings (SSSR count). The molecule has 20 heavy (non-hydrogen) atoms. The van der Waals surface area contributed by atoms with Gasteiger partial charge in [0.25, 0.3) is 0 Å². The second-order valence-corrected chi connectivity index (χ2v) is 5.40. The maximum atomic E-state index is 6.21. The highest BCUT2D eigenvalue weighted by molar-refractivity contribution is 5.23. The minimum Gasteiger partial charge on any atom is -0.381 e. The molecule has 1 N–H and O–H groups in total. The van der Waals surface area contributed by atoms with E-state index in [9.17, 15) is 0 Å². The van der Waals surface area contributed by atoms with Crippen molar-refractivity contribution in [1.82, 2.24) is 10.3 Å². The fourth-order valence-electron chi connectivity index (χ4n) is 3.07. The third-order valence-corrected chi connectivity index (χ3v) is 3.93. The molecule has 2 heterocycles. The van der Waals surface area contributed by atoms with Crippen LogP contribution in [0.1, 0.15) is 43.9 Å². The molecule has 1 unspecified atom stereocenters. The first-order chi connectivity index (χ1) is 9.72. The molecule has 1 aliphatic rings. The molecule has 1 aromatic heterocycles. The fourth-order valence-corrected chi connectivity index (χ4v) is 3.07. The van der Waals surface area contributed by atoms with Gasteiger partial charge in [-0.05, 0) is 31.5 Å². The molecule has 112 valence electrons. The van der Waals surface area contributed by atoms with E-state index in [1.165, 1.54) is 11.1 Å². The van der Waals surface area contributed by atoms with Gasteiger partial charge < -0.3 is 14.8 Å². The number of ether oxygens (including phenoxy) is 2.